The number of carbonyl (C=O) groups is 1. The molecule has 162 valence electrons. The van der Waals surface area contributed by atoms with Crippen molar-refractivity contribution in [1.82, 2.24) is 9.55 Å². The van der Waals surface area contributed by atoms with Crippen molar-refractivity contribution in [1.29, 1.82) is 5.26 Å². The lowest BCUT2D eigenvalue weighted by Crippen LogP contribution is -2.56. The summed E-state index contributed by atoms with van der Waals surface area (Å²) in [6.07, 6.45) is 12.0. The molecule has 2 unspecified atom stereocenters. The molecule has 4 fully saturated rings. The molecule has 0 aromatic carbocycles. The second kappa shape index (κ2) is 7.18. The number of nitrogens with zero attached hydrogens (tertiary/aromatic N) is 3. The van der Waals surface area contributed by atoms with Crippen LogP contribution >= 0.6 is 0 Å². The molecule has 1 aromatic heterocycles. The highest BCUT2D eigenvalue weighted by molar-refractivity contribution is 5.82. The van der Waals surface area contributed by atoms with E-state index in [4.69, 9.17) is 0 Å². The molecular weight excluding hydrogens is 377 g/mol. The fraction of sp³-hybridized carbons (Fsp3) is 0.800. The van der Waals surface area contributed by atoms with Crippen LogP contribution < -0.4 is 0 Å². The molecule has 0 spiro atoms. The number of imidazole rings is 1. The third-order valence-electron chi connectivity index (χ3n) is 9.83. The molecule has 0 N–H and O–H groups in total. The second-order valence-corrected chi connectivity index (χ2v) is 11.1. The molecule has 1 aromatic rings. The van der Waals surface area contributed by atoms with Crippen LogP contribution in [0.2, 0.25) is 0 Å². The van der Waals surface area contributed by atoms with E-state index in [0.717, 1.165) is 57.8 Å². The Labute approximate surface area is 179 Å². The zero-order valence-electron chi connectivity index (χ0n) is 18.3. The van der Waals surface area contributed by atoms with Crippen molar-refractivity contribution in [3.05, 3.63) is 18.2 Å². The van der Waals surface area contributed by atoms with E-state index in [1.807, 2.05) is 0 Å². The van der Waals surface area contributed by atoms with Gasteiger partial charge in [-0.05, 0) is 92.8 Å². The van der Waals surface area contributed by atoms with Gasteiger partial charge in [0.2, 0.25) is 0 Å². The number of hydrogen-bond acceptors (Lipinski definition) is 3. The Morgan fingerprint density at radius 2 is 2.07 bits per heavy atom. The van der Waals surface area contributed by atoms with Crippen molar-refractivity contribution < 1.29 is 9.18 Å². The normalized spacial score (nSPS) is 45.1. The first kappa shape index (κ1) is 20.2. The van der Waals surface area contributed by atoms with Gasteiger partial charge in [-0.1, -0.05) is 13.8 Å². The number of halogens is 1. The number of alkyl halides is 1. The average molecular weight is 412 g/mol. The highest BCUT2D eigenvalue weighted by Crippen LogP contribution is 2.66. The maximum absolute atomic E-state index is 16.4. The fourth-order valence-corrected chi connectivity index (χ4v) is 8.34. The predicted octanol–water partition coefficient (Wildman–Crippen LogP) is 5.32. The van der Waals surface area contributed by atoms with Gasteiger partial charge >= 0.3 is 0 Å². The van der Waals surface area contributed by atoms with Gasteiger partial charge in [0.05, 0.1) is 19.1 Å². The SMILES string of the molecule is C[C@H]1CC[C@]2(F)C3CC[C@@]4(C)C(CC[C@@H]4C(=O)Cn4cncc4C#N)[C@@H]3CC[C@@H]2C1. The van der Waals surface area contributed by atoms with Crippen LogP contribution in [-0.2, 0) is 11.3 Å². The lowest BCUT2D eigenvalue weighted by molar-refractivity contribution is -0.146. The van der Waals surface area contributed by atoms with E-state index in [1.165, 1.54) is 6.20 Å². The number of carbonyl (C=O) groups excluding carboxylic acids is 1. The van der Waals surface area contributed by atoms with Crippen LogP contribution in [0.5, 0.6) is 0 Å². The smallest absolute Gasteiger partial charge is 0.156 e. The molecule has 30 heavy (non-hydrogen) atoms. The molecule has 4 nitrogen and oxygen atoms in total. The van der Waals surface area contributed by atoms with Crippen LogP contribution in [0.1, 0.15) is 77.3 Å². The molecule has 4 aliphatic carbocycles. The minimum absolute atomic E-state index is 0.0171. The highest BCUT2D eigenvalue weighted by atomic mass is 19.1. The number of nitriles is 1. The third kappa shape index (κ3) is 2.89. The molecular formula is C25H34FN3O. The predicted molar refractivity (Wildman–Crippen MR) is 112 cm³/mol. The number of hydrogen-bond donors (Lipinski definition) is 0. The monoisotopic (exact) mass is 411 g/mol. The van der Waals surface area contributed by atoms with Gasteiger partial charge in [-0.15, -0.1) is 0 Å². The van der Waals surface area contributed by atoms with Gasteiger partial charge in [0, 0.05) is 5.92 Å². The summed E-state index contributed by atoms with van der Waals surface area (Å²) >= 11 is 0. The van der Waals surface area contributed by atoms with Gasteiger partial charge in [-0.2, -0.15) is 5.26 Å². The quantitative estimate of drug-likeness (QED) is 0.676. The third-order valence-corrected chi connectivity index (χ3v) is 9.83. The topological polar surface area (TPSA) is 58.7 Å². The molecule has 5 rings (SSSR count). The number of Topliss-reactive ketones (excluding diaryl/α,β-unsaturated/α-hetero) is 1. The summed E-state index contributed by atoms with van der Waals surface area (Å²) in [6, 6.07) is 2.11. The number of rotatable bonds is 3. The van der Waals surface area contributed by atoms with Crippen molar-refractivity contribution in [2.75, 3.05) is 0 Å². The highest BCUT2D eigenvalue weighted by Gasteiger charge is 2.62. The Balaban J connectivity index is 1.35. The Kier molecular flexibility index (Phi) is 4.84. The van der Waals surface area contributed by atoms with Gasteiger partial charge in [-0.25, -0.2) is 9.37 Å². The van der Waals surface area contributed by atoms with Crippen molar-refractivity contribution in [3.8, 4) is 6.07 Å². The van der Waals surface area contributed by atoms with Gasteiger partial charge < -0.3 is 4.57 Å². The molecule has 0 radical (unpaired) electrons. The van der Waals surface area contributed by atoms with Crippen LogP contribution in [0.3, 0.4) is 0 Å². The molecule has 4 saturated carbocycles. The average Bonchev–Trinajstić information content (AvgIpc) is 3.31. The lowest BCUT2D eigenvalue weighted by Gasteiger charge is -2.58. The van der Waals surface area contributed by atoms with Crippen LogP contribution in [0.25, 0.3) is 0 Å². The minimum Gasteiger partial charge on any atom is -0.315 e. The Bertz CT molecular complexity index is 874. The molecule has 1 heterocycles. The van der Waals surface area contributed by atoms with Crippen molar-refractivity contribution >= 4 is 5.78 Å². The number of fused-ring (bicyclic) bond motifs is 5. The molecule has 8 atom stereocenters. The first-order chi connectivity index (χ1) is 14.4. The standard InChI is InChI=1S/C25H34FN3O/c1-16-7-10-25(26)17(11-16)3-4-19-20-5-6-22(24(20,2)9-8-21(19)25)23(30)14-29-15-28-13-18(29)12-27/h13,15-17,19-22H,3-11,14H2,1-2H3/t16-,17+,19-,20?,21?,22+,24-,25+/m0/s1. The van der Waals surface area contributed by atoms with E-state index in [9.17, 15) is 10.1 Å². The van der Waals surface area contributed by atoms with Gasteiger partial charge in [0.15, 0.2) is 5.78 Å². The van der Waals surface area contributed by atoms with E-state index in [2.05, 4.69) is 24.9 Å². The zero-order valence-corrected chi connectivity index (χ0v) is 18.3. The second-order valence-electron chi connectivity index (χ2n) is 11.1. The summed E-state index contributed by atoms with van der Waals surface area (Å²) in [6.45, 7) is 4.83. The number of aromatic nitrogens is 2. The zero-order chi connectivity index (χ0) is 21.1. The van der Waals surface area contributed by atoms with E-state index in [-0.39, 0.29) is 35.5 Å². The summed E-state index contributed by atoms with van der Waals surface area (Å²) < 4.78 is 18.1. The summed E-state index contributed by atoms with van der Waals surface area (Å²) in [5.74, 6) is 2.29. The molecule has 5 heteroatoms. The van der Waals surface area contributed by atoms with Crippen LogP contribution in [0.4, 0.5) is 4.39 Å². The molecule has 0 amide bonds. The maximum Gasteiger partial charge on any atom is 0.156 e. The van der Waals surface area contributed by atoms with E-state index in [0.29, 0.717) is 23.4 Å². The van der Waals surface area contributed by atoms with Crippen molar-refractivity contribution in [3.63, 3.8) is 0 Å². The largest absolute Gasteiger partial charge is 0.315 e. The summed E-state index contributed by atoms with van der Waals surface area (Å²) in [5, 5.41) is 9.23. The minimum atomic E-state index is -0.961. The van der Waals surface area contributed by atoms with Crippen LogP contribution in [0.15, 0.2) is 12.5 Å². The molecule has 0 aliphatic heterocycles. The summed E-state index contributed by atoms with van der Waals surface area (Å²) in [5.41, 5.74) is -0.537. The maximum atomic E-state index is 16.4. The van der Waals surface area contributed by atoms with Crippen molar-refractivity contribution in [2.24, 2.45) is 40.9 Å². The van der Waals surface area contributed by atoms with E-state index >= 15 is 4.39 Å². The van der Waals surface area contributed by atoms with Crippen LogP contribution in [-0.4, -0.2) is 21.0 Å². The van der Waals surface area contributed by atoms with E-state index < -0.39 is 5.67 Å². The lowest BCUT2D eigenvalue weighted by atomic mass is 9.48. The first-order valence-electron chi connectivity index (χ1n) is 12.0. The Hall–Kier alpha value is -1.70. The summed E-state index contributed by atoms with van der Waals surface area (Å²) in [7, 11) is 0. The Morgan fingerprint density at radius 1 is 1.23 bits per heavy atom. The van der Waals surface area contributed by atoms with Gasteiger partial charge in [-0.3, -0.25) is 4.79 Å². The van der Waals surface area contributed by atoms with Gasteiger partial charge in [0.1, 0.15) is 17.4 Å². The van der Waals surface area contributed by atoms with Crippen molar-refractivity contribution in [2.45, 2.75) is 83.8 Å². The first-order valence-corrected chi connectivity index (χ1v) is 12.0. The number of ketones is 1. The molecule has 0 bridgehead atoms. The molecule has 0 saturated heterocycles. The van der Waals surface area contributed by atoms with Crippen LogP contribution in [0, 0.1) is 52.3 Å². The fourth-order valence-electron chi connectivity index (χ4n) is 8.34. The molecule has 4 aliphatic rings. The van der Waals surface area contributed by atoms with Gasteiger partial charge in [0.25, 0.3) is 0 Å². The summed E-state index contributed by atoms with van der Waals surface area (Å²) in [4.78, 5) is 17.3. The Morgan fingerprint density at radius 3 is 2.87 bits per heavy atom. The van der Waals surface area contributed by atoms with E-state index in [1.54, 1.807) is 10.9 Å².